The van der Waals surface area contributed by atoms with Gasteiger partial charge in [0.1, 0.15) is 0 Å². The molecule has 0 aromatic carbocycles. The molecule has 0 heteroatoms. The molecule has 0 aromatic heterocycles. The lowest BCUT2D eigenvalue weighted by molar-refractivity contribution is 0.0198. The van der Waals surface area contributed by atoms with Crippen molar-refractivity contribution in [1.82, 2.24) is 0 Å². The highest BCUT2D eigenvalue weighted by atomic mass is 14.6. The van der Waals surface area contributed by atoms with Crippen LogP contribution in [0.15, 0.2) is 24.3 Å². The Morgan fingerprint density at radius 2 is 0.604 bits per heavy atom. The van der Waals surface area contributed by atoms with Gasteiger partial charge in [-0.05, 0) is 198 Å². The number of rotatable bonds is 0. The Bertz CT molecular complexity index is 969. The van der Waals surface area contributed by atoms with Crippen LogP contribution in [0.5, 0.6) is 0 Å². The molecular weight excluding hydrogens is 637 g/mol. The van der Waals surface area contributed by atoms with Gasteiger partial charge in [0, 0.05) is 0 Å². The Morgan fingerprint density at radius 3 is 0.849 bits per heavy atom. The summed E-state index contributed by atoms with van der Waals surface area (Å²) in [5.74, 6) is 11.0. The zero-order chi connectivity index (χ0) is 35.8. The highest BCUT2D eigenvalue weighted by Gasteiger charge is 2.52. The molecule has 16 aliphatic carbocycles. The molecule has 0 amide bonds. The maximum Gasteiger partial charge on any atom is -0.0234 e. The van der Waals surface area contributed by atoms with E-state index in [0.717, 1.165) is 46.3 Å². The minimum absolute atomic E-state index is 0.941. The number of hydrogen-bond acceptors (Lipinski definition) is 0. The van der Waals surface area contributed by atoms with E-state index in [-0.39, 0.29) is 0 Å². The van der Waals surface area contributed by atoms with Gasteiger partial charge in [-0.25, -0.2) is 0 Å². The Kier molecular flexibility index (Phi) is 14.3. The normalized spacial score (nSPS) is 42.0. The molecule has 16 aliphatic rings. The summed E-state index contributed by atoms with van der Waals surface area (Å²) >= 11 is 0. The van der Waals surface area contributed by atoms with Gasteiger partial charge in [0.25, 0.3) is 0 Å². The molecule has 12 saturated carbocycles. The second-order valence-electron chi connectivity index (χ2n) is 22.6. The average Bonchev–Trinajstić information content (AvgIpc) is 3.99. The van der Waals surface area contributed by atoms with Crippen molar-refractivity contribution >= 4 is 0 Å². The quantitative estimate of drug-likeness (QED) is 0.218. The molecule has 0 unspecified atom stereocenters. The maximum atomic E-state index is 2.48. The molecule has 12 fully saturated rings. The van der Waals surface area contributed by atoms with Crippen LogP contribution in [0.4, 0.5) is 0 Å². The van der Waals surface area contributed by atoms with E-state index in [1.165, 1.54) is 146 Å². The van der Waals surface area contributed by atoms with Crippen molar-refractivity contribution in [3.63, 3.8) is 0 Å². The molecule has 53 heavy (non-hydrogen) atoms. The summed E-state index contributed by atoms with van der Waals surface area (Å²) in [6.07, 6.45) is 66.4. The van der Waals surface area contributed by atoms with E-state index in [2.05, 4.69) is 24.3 Å². The molecular formula is C53H88. The summed E-state index contributed by atoms with van der Waals surface area (Å²) in [4.78, 5) is 0. The van der Waals surface area contributed by atoms with Crippen molar-refractivity contribution in [1.29, 1.82) is 0 Å². The number of hydrogen-bond donors (Lipinski definition) is 0. The second kappa shape index (κ2) is 19.3. The SMILES string of the molecule is C1=CC2CCCC(C1)CCC2.C1=CC2CCCC(C1)CCC2.C1C2CC3CC1CC(C2)C3.C1CC12CC2.C1CC2(C1)CC2.C1CCC2CCCCC2C1. The summed E-state index contributed by atoms with van der Waals surface area (Å²) < 4.78 is 0. The predicted octanol–water partition coefficient (Wildman–Crippen LogP) is 16.8. The van der Waals surface area contributed by atoms with Crippen LogP contribution in [0, 0.1) is 70.0 Å². The van der Waals surface area contributed by atoms with E-state index in [0.29, 0.717) is 0 Å². The van der Waals surface area contributed by atoms with Gasteiger partial charge in [-0.1, -0.05) is 133 Å². The first-order chi connectivity index (χ1) is 26.1. The van der Waals surface area contributed by atoms with E-state index < -0.39 is 0 Å². The van der Waals surface area contributed by atoms with Crippen molar-refractivity contribution in [2.75, 3.05) is 0 Å². The van der Waals surface area contributed by atoms with Gasteiger partial charge in [0.15, 0.2) is 0 Å². The fraction of sp³-hybridized carbons (Fsp3) is 0.925. The highest BCUT2D eigenvalue weighted by Crippen LogP contribution is 2.66. The third-order valence-corrected chi connectivity index (χ3v) is 18.3. The van der Waals surface area contributed by atoms with E-state index in [1.54, 1.807) is 116 Å². The fourth-order valence-electron chi connectivity index (χ4n) is 14.1. The Morgan fingerprint density at radius 1 is 0.283 bits per heavy atom. The van der Waals surface area contributed by atoms with E-state index in [9.17, 15) is 0 Å². The van der Waals surface area contributed by atoms with Crippen LogP contribution in [0.2, 0.25) is 0 Å². The molecule has 0 heterocycles. The Labute approximate surface area is 330 Å². The molecule has 0 atom stereocenters. The lowest BCUT2D eigenvalue weighted by Gasteiger charge is -2.49. The zero-order valence-electron chi connectivity index (χ0n) is 35.2. The summed E-state index contributed by atoms with van der Waals surface area (Å²) in [6.45, 7) is 0. The molecule has 16 rings (SSSR count). The van der Waals surface area contributed by atoms with Crippen LogP contribution in [0.1, 0.15) is 238 Å². The molecule has 300 valence electrons. The van der Waals surface area contributed by atoms with Crippen LogP contribution in [0.3, 0.4) is 0 Å². The van der Waals surface area contributed by atoms with Crippen molar-refractivity contribution in [2.24, 2.45) is 70.0 Å². The van der Waals surface area contributed by atoms with Crippen LogP contribution >= 0.6 is 0 Å². The standard InChI is InChI=1S/2C11H18.C10H16.C10H18.C6H10.C5H8/c2*1-4-10-6-2-7-11(5-1)9-3-8-10;1-7-2-9-4-8(1)5-10(3-7)6-9;1-2-6-10-8-4-3-7-9(10)5-1;1-2-6(3-1)4-5-6;1-2-5(1)3-4-5/h2*1,4,10-11H,2-3,5-9H2;7-10H,1-6H2;9-10H,1-8H2;1-5H2;1-4H2. The van der Waals surface area contributed by atoms with Crippen LogP contribution in [-0.2, 0) is 0 Å². The largest absolute Gasteiger partial charge is 0.0880 e. The molecule has 2 spiro atoms. The minimum Gasteiger partial charge on any atom is -0.0880 e. The first kappa shape index (κ1) is 39.3. The van der Waals surface area contributed by atoms with Crippen molar-refractivity contribution in [3.05, 3.63) is 24.3 Å². The number of allylic oxidation sites excluding steroid dienone is 4. The van der Waals surface area contributed by atoms with Gasteiger partial charge in [0.2, 0.25) is 0 Å². The van der Waals surface area contributed by atoms with Gasteiger partial charge in [-0.15, -0.1) is 0 Å². The molecule has 0 saturated heterocycles. The van der Waals surface area contributed by atoms with Crippen LogP contribution in [0.25, 0.3) is 0 Å². The van der Waals surface area contributed by atoms with E-state index in [1.807, 2.05) is 0 Å². The maximum absolute atomic E-state index is 2.48. The molecule has 8 bridgehead atoms. The van der Waals surface area contributed by atoms with Crippen LogP contribution < -0.4 is 0 Å². The average molecular weight is 725 g/mol. The molecule has 0 nitrogen and oxygen atoms in total. The summed E-state index contributed by atoms with van der Waals surface area (Å²) in [7, 11) is 0. The van der Waals surface area contributed by atoms with E-state index >= 15 is 0 Å². The Balaban J connectivity index is 0.0000000920. The monoisotopic (exact) mass is 725 g/mol. The second-order valence-corrected chi connectivity index (χ2v) is 22.6. The highest BCUT2D eigenvalue weighted by molar-refractivity contribution is 5.04. The predicted molar refractivity (Wildman–Crippen MR) is 229 cm³/mol. The fourth-order valence-corrected chi connectivity index (χ4v) is 14.1. The molecule has 0 aromatic rings. The Hall–Kier alpha value is -0.520. The lowest BCUT2D eigenvalue weighted by atomic mass is 9.56. The molecule has 0 radical (unpaired) electrons. The van der Waals surface area contributed by atoms with Gasteiger partial charge in [-0.2, -0.15) is 0 Å². The van der Waals surface area contributed by atoms with Crippen LogP contribution in [-0.4, -0.2) is 0 Å². The minimum atomic E-state index is 0.941. The molecule has 0 N–H and O–H groups in total. The van der Waals surface area contributed by atoms with Crippen molar-refractivity contribution in [3.8, 4) is 0 Å². The summed E-state index contributed by atoms with van der Waals surface area (Å²) in [5, 5.41) is 0. The van der Waals surface area contributed by atoms with E-state index in [4.69, 9.17) is 0 Å². The smallest absolute Gasteiger partial charge is 0.0234 e. The zero-order valence-corrected chi connectivity index (χ0v) is 35.2. The van der Waals surface area contributed by atoms with Gasteiger partial charge >= 0.3 is 0 Å². The first-order valence-corrected chi connectivity index (χ1v) is 25.4. The van der Waals surface area contributed by atoms with Gasteiger partial charge < -0.3 is 0 Å². The third kappa shape index (κ3) is 12.5. The van der Waals surface area contributed by atoms with Crippen molar-refractivity contribution < 1.29 is 0 Å². The summed E-state index contributed by atoms with van der Waals surface area (Å²) in [6, 6.07) is 0. The summed E-state index contributed by atoms with van der Waals surface area (Å²) in [5.41, 5.74) is 1.97. The van der Waals surface area contributed by atoms with Gasteiger partial charge in [0.05, 0.1) is 0 Å². The lowest BCUT2D eigenvalue weighted by Crippen LogP contribution is -2.38. The molecule has 0 aliphatic heterocycles. The third-order valence-electron chi connectivity index (χ3n) is 18.3. The van der Waals surface area contributed by atoms with Gasteiger partial charge in [-0.3, -0.25) is 0 Å². The first-order valence-electron chi connectivity index (χ1n) is 25.4. The van der Waals surface area contributed by atoms with Crippen molar-refractivity contribution in [2.45, 2.75) is 238 Å². The number of fused-ring (bicyclic) bond motifs is 11. The topological polar surface area (TPSA) is 0 Å².